The maximum absolute atomic E-state index is 4.18. The first kappa shape index (κ1) is 13.8. The zero-order valence-corrected chi connectivity index (χ0v) is 9.90. The number of nitrogens with zero attached hydrogens (tertiary/aromatic N) is 2. The average molecular weight is 238 g/mol. The molecule has 5 heteroatoms. The van der Waals surface area contributed by atoms with Crippen molar-refractivity contribution >= 4 is 24.8 Å². The Morgan fingerprint density at radius 1 is 1.50 bits per heavy atom. The third-order valence-electron chi connectivity index (χ3n) is 2.57. The van der Waals surface area contributed by atoms with Crippen LogP contribution in [0.3, 0.4) is 0 Å². The van der Waals surface area contributed by atoms with Gasteiger partial charge in [-0.1, -0.05) is 0 Å². The molecular weight excluding hydrogens is 221 g/mol. The molecule has 2 heterocycles. The number of hydrogen-bond acceptors (Lipinski definition) is 2. The van der Waals surface area contributed by atoms with Crippen molar-refractivity contribution in [2.75, 3.05) is 13.1 Å². The van der Waals surface area contributed by atoms with Gasteiger partial charge in [0, 0.05) is 31.4 Å². The van der Waals surface area contributed by atoms with E-state index in [1.165, 1.54) is 25.1 Å². The van der Waals surface area contributed by atoms with Crippen LogP contribution in [0.2, 0.25) is 0 Å². The van der Waals surface area contributed by atoms with E-state index in [1.54, 1.807) is 0 Å². The molecule has 2 rings (SSSR count). The molecule has 14 heavy (non-hydrogen) atoms. The zero-order valence-electron chi connectivity index (χ0n) is 8.27. The summed E-state index contributed by atoms with van der Waals surface area (Å²) in [5, 5.41) is 7.59. The monoisotopic (exact) mass is 237 g/mol. The molecule has 1 saturated heterocycles. The summed E-state index contributed by atoms with van der Waals surface area (Å²) in [5.41, 5.74) is 1.36. The minimum absolute atomic E-state index is 0. The number of nitrogens with one attached hydrogen (secondary N) is 1. The fraction of sp³-hybridized carbons (Fsp3) is 0.667. The van der Waals surface area contributed by atoms with Crippen LogP contribution in [0.1, 0.15) is 24.5 Å². The molecule has 1 aromatic heterocycles. The molecule has 0 aliphatic carbocycles. The van der Waals surface area contributed by atoms with Gasteiger partial charge in [0.15, 0.2) is 0 Å². The Kier molecular flexibility index (Phi) is 6.16. The number of piperidine rings is 1. The van der Waals surface area contributed by atoms with Crippen LogP contribution < -0.4 is 5.32 Å². The molecule has 1 fully saturated rings. The molecule has 0 aromatic carbocycles. The summed E-state index contributed by atoms with van der Waals surface area (Å²) >= 11 is 0. The molecular formula is C9H17Cl2N3. The molecule has 82 valence electrons. The second kappa shape index (κ2) is 6.27. The lowest BCUT2D eigenvalue weighted by Crippen LogP contribution is -2.29. The number of aromatic nitrogens is 2. The van der Waals surface area contributed by atoms with Gasteiger partial charge >= 0.3 is 0 Å². The Morgan fingerprint density at radius 2 is 2.29 bits per heavy atom. The van der Waals surface area contributed by atoms with Gasteiger partial charge < -0.3 is 5.32 Å². The smallest absolute Gasteiger partial charge is 0.0492 e. The molecule has 0 bridgehead atoms. The van der Waals surface area contributed by atoms with Crippen molar-refractivity contribution in [3.63, 3.8) is 0 Å². The Labute approximate surface area is 97.1 Å². The summed E-state index contributed by atoms with van der Waals surface area (Å²) in [4.78, 5) is 0. The number of aryl methyl sites for hydroxylation is 1. The van der Waals surface area contributed by atoms with E-state index in [-0.39, 0.29) is 24.8 Å². The molecule has 1 aromatic rings. The van der Waals surface area contributed by atoms with Crippen LogP contribution in [0, 0.1) is 0 Å². The van der Waals surface area contributed by atoms with Gasteiger partial charge in [0.25, 0.3) is 0 Å². The third-order valence-corrected chi connectivity index (χ3v) is 2.57. The van der Waals surface area contributed by atoms with E-state index < -0.39 is 0 Å². The molecule has 3 nitrogen and oxygen atoms in total. The van der Waals surface area contributed by atoms with E-state index in [1.807, 2.05) is 17.9 Å². The van der Waals surface area contributed by atoms with Gasteiger partial charge in [-0.25, -0.2) is 0 Å². The Morgan fingerprint density at radius 3 is 2.79 bits per heavy atom. The van der Waals surface area contributed by atoms with Crippen LogP contribution in [0.25, 0.3) is 0 Å². The van der Waals surface area contributed by atoms with E-state index in [0.29, 0.717) is 5.92 Å². The van der Waals surface area contributed by atoms with Crippen molar-refractivity contribution in [2.24, 2.45) is 7.05 Å². The van der Waals surface area contributed by atoms with E-state index in [9.17, 15) is 0 Å². The second-order valence-electron chi connectivity index (χ2n) is 3.42. The summed E-state index contributed by atoms with van der Waals surface area (Å²) in [5.74, 6) is 0.672. The van der Waals surface area contributed by atoms with Crippen LogP contribution >= 0.6 is 24.8 Å². The molecule has 1 unspecified atom stereocenters. The minimum atomic E-state index is 0. The molecule has 1 aliphatic heterocycles. The largest absolute Gasteiger partial charge is 0.316 e. The summed E-state index contributed by atoms with van der Waals surface area (Å²) in [6.07, 6.45) is 4.46. The minimum Gasteiger partial charge on any atom is -0.316 e. The molecule has 0 saturated carbocycles. The fourth-order valence-electron chi connectivity index (χ4n) is 1.89. The van der Waals surface area contributed by atoms with Crippen LogP contribution in [0.5, 0.6) is 0 Å². The van der Waals surface area contributed by atoms with Gasteiger partial charge in [-0.2, -0.15) is 5.10 Å². The molecule has 1 N–H and O–H groups in total. The number of hydrogen-bond donors (Lipinski definition) is 1. The van der Waals surface area contributed by atoms with Gasteiger partial charge in [-0.15, -0.1) is 24.8 Å². The average Bonchev–Trinajstić information content (AvgIpc) is 2.53. The van der Waals surface area contributed by atoms with Crippen molar-refractivity contribution in [1.29, 1.82) is 0 Å². The first-order valence-electron chi connectivity index (χ1n) is 4.56. The van der Waals surface area contributed by atoms with Gasteiger partial charge in [-0.3, -0.25) is 4.68 Å². The van der Waals surface area contributed by atoms with Crippen LogP contribution in [0.4, 0.5) is 0 Å². The standard InChI is InChI=1S/C9H15N3.2ClH/c1-12-9(4-6-11-12)8-3-2-5-10-7-8;;/h4,6,8,10H,2-3,5,7H2,1H3;2*1H. The molecule has 0 radical (unpaired) electrons. The Bertz CT molecular complexity index is 256. The van der Waals surface area contributed by atoms with E-state index in [4.69, 9.17) is 0 Å². The molecule has 0 amide bonds. The van der Waals surface area contributed by atoms with Gasteiger partial charge in [0.2, 0.25) is 0 Å². The third kappa shape index (κ3) is 2.87. The SMILES string of the molecule is Cl.Cl.Cn1nccc1C1CCCNC1. The lowest BCUT2D eigenvalue weighted by Gasteiger charge is -2.22. The quantitative estimate of drug-likeness (QED) is 0.807. The summed E-state index contributed by atoms with van der Waals surface area (Å²) in [7, 11) is 2.02. The van der Waals surface area contributed by atoms with Crippen molar-refractivity contribution in [2.45, 2.75) is 18.8 Å². The zero-order chi connectivity index (χ0) is 8.39. The van der Waals surface area contributed by atoms with Gasteiger partial charge in [0.05, 0.1) is 0 Å². The van der Waals surface area contributed by atoms with Crippen molar-refractivity contribution in [3.05, 3.63) is 18.0 Å². The highest BCUT2D eigenvalue weighted by Gasteiger charge is 2.17. The maximum atomic E-state index is 4.18. The predicted molar refractivity (Wildman–Crippen MR) is 62.5 cm³/mol. The lowest BCUT2D eigenvalue weighted by atomic mass is 9.96. The van der Waals surface area contributed by atoms with E-state index in [2.05, 4.69) is 16.5 Å². The van der Waals surface area contributed by atoms with E-state index in [0.717, 1.165) is 6.54 Å². The van der Waals surface area contributed by atoms with Crippen LogP contribution in [-0.4, -0.2) is 22.9 Å². The Hall–Kier alpha value is -0.250. The highest BCUT2D eigenvalue weighted by Crippen LogP contribution is 2.21. The fourth-order valence-corrected chi connectivity index (χ4v) is 1.89. The number of rotatable bonds is 1. The first-order valence-corrected chi connectivity index (χ1v) is 4.56. The molecule has 1 atom stereocenters. The van der Waals surface area contributed by atoms with Crippen molar-refractivity contribution < 1.29 is 0 Å². The van der Waals surface area contributed by atoms with Crippen molar-refractivity contribution in [3.8, 4) is 0 Å². The summed E-state index contributed by atoms with van der Waals surface area (Å²) in [6, 6.07) is 2.12. The van der Waals surface area contributed by atoms with Crippen LogP contribution in [-0.2, 0) is 7.05 Å². The van der Waals surface area contributed by atoms with E-state index >= 15 is 0 Å². The van der Waals surface area contributed by atoms with Crippen LogP contribution in [0.15, 0.2) is 12.3 Å². The highest BCUT2D eigenvalue weighted by atomic mass is 35.5. The Balaban J connectivity index is 0.000000845. The second-order valence-corrected chi connectivity index (χ2v) is 3.42. The number of halogens is 2. The lowest BCUT2D eigenvalue weighted by molar-refractivity contribution is 0.441. The molecule has 1 aliphatic rings. The van der Waals surface area contributed by atoms with Gasteiger partial charge in [0.1, 0.15) is 0 Å². The summed E-state index contributed by atoms with van der Waals surface area (Å²) < 4.78 is 1.98. The topological polar surface area (TPSA) is 29.9 Å². The normalized spacial score (nSPS) is 20.8. The maximum Gasteiger partial charge on any atom is 0.0492 e. The van der Waals surface area contributed by atoms with Gasteiger partial charge in [-0.05, 0) is 25.5 Å². The first-order chi connectivity index (χ1) is 5.88. The molecule has 0 spiro atoms. The highest BCUT2D eigenvalue weighted by molar-refractivity contribution is 5.85. The van der Waals surface area contributed by atoms with Crippen molar-refractivity contribution in [1.82, 2.24) is 15.1 Å². The predicted octanol–water partition coefficient (Wildman–Crippen LogP) is 1.73. The summed E-state index contributed by atoms with van der Waals surface area (Å²) in [6.45, 7) is 2.29.